The van der Waals surface area contributed by atoms with E-state index in [-0.39, 0.29) is 11.6 Å². The fourth-order valence-electron chi connectivity index (χ4n) is 3.89. The molecule has 2 aromatic rings. The molecule has 1 N–H and O–H groups in total. The summed E-state index contributed by atoms with van der Waals surface area (Å²) in [4.78, 5) is 42.9. The van der Waals surface area contributed by atoms with Crippen molar-refractivity contribution < 1.29 is 33.4 Å². The predicted octanol–water partition coefficient (Wildman–Crippen LogP) is 2.73. The van der Waals surface area contributed by atoms with Crippen LogP contribution in [0.5, 0.6) is 0 Å². The fraction of sp³-hybridized carbons (Fsp3) is 0.429. The van der Waals surface area contributed by atoms with Crippen molar-refractivity contribution in [2.75, 3.05) is 13.7 Å². The highest BCUT2D eigenvalue weighted by Crippen LogP contribution is 2.48. The maximum atomic E-state index is 13.6. The van der Waals surface area contributed by atoms with Crippen LogP contribution in [0.15, 0.2) is 30.5 Å². The Morgan fingerprint density at radius 3 is 2.73 bits per heavy atom. The van der Waals surface area contributed by atoms with Gasteiger partial charge in [-0.1, -0.05) is 12.1 Å². The second-order valence-electron chi connectivity index (χ2n) is 7.33. The van der Waals surface area contributed by atoms with E-state index < -0.39 is 53.3 Å². The highest BCUT2D eigenvalue weighted by atomic mass is 32.1. The maximum absolute atomic E-state index is 13.6. The minimum atomic E-state index is -1.73. The first-order chi connectivity index (χ1) is 14.2. The average Bonchev–Trinajstić information content (AvgIpc) is 3.16. The summed E-state index contributed by atoms with van der Waals surface area (Å²) in [5.74, 6) is -6.07. The van der Waals surface area contributed by atoms with Crippen molar-refractivity contribution in [3.05, 3.63) is 41.3 Å². The fourth-order valence-corrected chi connectivity index (χ4v) is 4.98. The van der Waals surface area contributed by atoms with E-state index in [1.54, 1.807) is 19.1 Å². The summed E-state index contributed by atoms with van der Waals surface area (Å²) in [6.45, 7) is 3.03. The molecular weight excluding hydrogens is 413 g/mol. The Morgan fingerprint density at radius 1 is 1.37 bits per heavy atom. The first-order valence-corrected chi connectivity index (χ1v) is 10.2. The Morgan fingerprint density at radius 2 is 2.10 bits per heavy atom. The topological polar surface area (TPSA) is 103 Å². The van der Waals surface area contributed by atoms with Crippen LogP contribution in [0.25, 0.3) is 10.4 Å². The number of Topliss-reactive ketones (excluding diaryl/α,β-unsaturated/α-hetero) is 1. The van der Waals surface area contributed by atoms with Gasteiger partial charge < -0.3 is 14.6 Å². The van der Waals surface area contributed by atoms with Gasteiger partial charge in [0.2, 0.25) is 0 Å². The van der Waals surface area contributed by atoms with Gasteiger partial charge in [-0.3, -0.25) is 14.4 Å². The molecule has 1 aliphatic rings. The lowest BCUT2D eigenvalue weighted by Crippen LogP contribution is -2.55. The summed E-state index contributed by atoms with van der Waals surface area (Å²) in [5.41, 5.74) is -1.17. The summed E-state index contributed by atoms with van der Waals surface area (Å²) in [6.07, 6.45) is 1.09. The van der Waals surface area contributed by atoms with E-state index >= 15 is 0 Å². The van der Waals surface area contributed by atoms with Crippen molar-refractivity contribution in [3.8, 4) is 10.4 Å². The molecule has 1 fully saturated rings. The van der Waals surface area contributed by atoms with Gasteiger partial charge in [0.05, 0.1) is 35.1 Å². The number of carbonyl (C=O) groups excluding carboxylic acids is 3. The summed E-state index contributed by atoms with van der Waals surface area (Å²) < 4.78 is 23.6. The zero-order chi connectivity index (χ0) is 22.1. The van der Waals surface area contributed by atoms with Crippen LogP contribution < -0.4 is 0 Å². The highest BCUT2D eigenvalue weighted by molar-refractivity contribution is 7.15. The number of halogens is 1. The molecule has 1 heterocycles. The molecule has 1 saturated carbocycles. The largest absolute Gasteiger partial charge is 0.469 e. The Labute approximate surface area is 176 Å². The standard InChI is InChI=1S/C21H22FNO6S/c1-4-29-19(25)15-13(24)9-21(2,27)17(20(26)28-3)16(15)18-23-10-14(30-18)11-6-5-7-12(22)8-11/h5-8,10,15-17,27H,4,9H2,1-3H3. The molecule has 0 bridgehead atoms. The van der Waals surface area contributed by atoms with Crippen molar-refractivity contribution in [2.24, 2.45) is 11.8 Å². The first kappa shape index (κ1) is 22.0. The Hall–Kier alpha value is -2.65. The van der Waals surface area contributed by atoms with Crippen LogP contribution in [0.4, 0.5) is 4.39 Å². The third-order valence-corrected chi connectivity index (χ3v) is 6.33. The molecule has 0 saturated heterocycles. The van der Waals surface area contributed by atoms with Crippen molar-refractivity contribution in [1.82, 2.24) is 4.98 Å². The van der Waals surface area contributed by atoms with Gasteiger partial charge in [0, 0.05) is 18.5 Å². The second kappa shape index (κ2) is 8.61. The normalized spacial score (nSPS) is 26.3. The number of carbonyl (C=O) groups is 3. The van der Waals surface area contributed by atoms with Crippen LogP contribution in [0.3, 0.4) is 0 Å². The molecule has 0 aliphatic heterocycles. The number of rotatable bonds is 5. The van der Waals surface area contributed by atoms with Crippen molar-refractivity contribution in [1.29, 1.82) is 0 Å². The first-order valence-electron chi connectivity index (χ1n) is 9.40. The van der Waals surface area contributed by atoms with Gasteiger partial charge in [-0.05, 0) is 31.5 Å². The van der Waals surface area contributed by atoms with Crippen LogP contribution in [-0.2, 0) is 23.9 Å². The predicted molar refractivity (Wildman–Crippen MR) is 106 cm³/mol. The summed E-state index contributed by atoms with van der Waals surface area (Å²) in [7, 11) is 1.17. The summed E-state index contributed by atoms with van der Waals surface area (Å²) >= 11 is 1.12. The SMILES string of the molecule is CCOC(=O)C1C(=O)CC(C)(O)C(C(=O)OC)C1c1ncc(-c2cccc(F)c2)s1. The lowest BCUT2D eigenvalue weighted by Gasteiger charge is -2.42. The Bertz CT molecular complexity index is 972. The minimum Gasteiger partial charge on any atom is -0.469 e. The number of nitrogens with zero attached hydrogens (tertiary/aromatic N) is 1. The van der Waals surface area contributed by atoms with E-state index in [0.717, 1.165) is 11.3 Å². The zero-order valence-electron chi connectivity index (χ0n) is 16.8. The van der Waals surface area contributed by atoms with Gasteiger partial charge in [0.1, 0.15) is 11.7 Å². The highest BCUT2D eigenvalue weighted by Gasteiger charge is 2.58. The van der Waals surface area contributed by atoms with E-state index in [9.17, 15) is 23.9 Å². The van der Waals surface area contributed by atoms with Gasteiger partial charge in [-0.15, -0.1) is 11.3 Å². The van der Waals surface area contributed by atoms with E-state index in [0.29, 0.717) is 10.4 Å². The van der Waals surface area contributed by atoms with E-state index in [2.05, 4.69) is 4.98 Å². The number of hydrogen-bond acceptors (Lipinski definition) is 8. The summed E-state index contributed by atoms with van der Waals surface area (Å²) in [5, 5.41) is 11.2. The number of hydrogen-bond donors (Lipinski definition) is 1. The molecule has 4 atom stereocenters. The third-order valence-electron chi connectivity index (χ3n) is 5.18. The van der Waals surface area contributed by atoms with E-state index in [4.69, 9.17) is 9.47 Å². The number of methoxy groups -OCH3 is 1. The van der Waals surface area contributed by atoms with Crippen molar-refractivity contribution in [2.45, 2.75) is 31.8 Å². The number of thiazole rings is 1. The summed E-state index contributed by atoms with van der Waals surface area (Å²) in [6, 6.07) is 5.90. The average molecular weight is 435 g/mol. The quantitative estimate of drug-likeness (QED) is 0.569. The minimum absolute atomic E-state index is 0.0566. The number of aliphatic hydroxyl groups is 1. The van der Waals surface area contributed by atoms with Gasteiger partial charge in [-0.25, -0.2) is 9.37 Å². The van der Waals surface area contributed by atoms with Crippen LogP contribution in [0.1, 0.15) is 31.2 Å². The van der Waals surface area contributed by atoms with Crippen LogP contribution >= 0.6 is 11.3 Å². The molecular formula is C21H22FNO6S. The van der Waals surface area contributed by atoms with Gasteiger partial charge in [-0.2, -0.15) is 0 Å². The van der Waals surface area contributed by atoms with Gasteiger partial charge in [0.25, 0.3) is 0 Å². The molecule has 9 heteroatoms. The number of ether oxygens (including phenoxy) is 2. The van der Waals surface area contributed by atoms with Gasteiger partial charge in [0.15, 0.2) is 5.78 Å². The lowest BCUT2D eigenvalue weighted by molar-refractivity contribution is -0.171. The maximum Gasteiger partial charge on any atom is 0.317 e. The van der Waals surface area contributed by atoms with Crippen LogP contribution in [0, 0.1) is 17.7 Å². The number of ketones is 1. The molecule has 1 aliphatic carbocycles. The lowest BCUT2D eigenvalue weighted by atomic mass is 9.64. The second-order valence-corrected chi connectivity index (χ2v) is 8.39. The molecule has 0 radical (unpaired) electrons. The van der Waals surface area contributed by atoms with E-state index in [1.165, 1.54) is 32.4 Å². The molecule has 30 heavy (non-hydrogen) atoms. The van der Waals surface area contributed by atoms with E-state index in [1.807, 2.05) is 0 Å². The number of esters is 2. The third kappa shape index (κ3) is 4.13. The Balaban J connectivity index is 2.12. The molecule has 0 spiro atoms. The smallest absolute Gasteiger partial charge is 0.317 e. The van der Waals surface area contributed by atoms with Crippen LogP contribution in [0.2, 0.25) is 0 Å². The molecule has 160 valence electrons. The Kier molecular flexibility index (Phi) is 6.33. The molecule has 0 amide bonds. The van der Waals surface area contributed by atoms with Gasteiger partial charge >= 0.3 is 11.9 Å². The molecule has 1 aromatic heterocycles. The van der Waals surface area contributed by atoms with Crippen LogP contribution in [-0.4, -0.2) is 47.1 Å². The van der Waals surface area contributed by atoms with Crippen molar-refractivity contribution in [3.63, 3.8) is 0 Å². The molecule has 4 unspecified atom stereocenters. The monoisotopic (exact) mass is 435 g/mol. The molecule has 3 rings (SSSR count). The van der Waals surface area contributed by atoms with Crippen molar-refractivity contribution >= 4 is 29.1 Å². The number of aromatic nitrogens is 1. The number of benzene rings is 1. The zero-order valence-corrected chi connectivity index (χ0v) is 17.6. The molecule has 1 aromatic carbocycles. The molecule has 7 nitrogen and oxygen atoms in total.